The monoisotopic (exact) mass is 319 g/mol. The van der Waals surface area contributed by atoms with Crippen LogP contribution in [0.1, 0.15) is 39.0 Å². The van der Waals surface area contributed by atoms with Gasteiger partial charge in [-0.15, -0.1) is 0 Å². The molecule has 1 aliphatic carbocycles. The number of hydrogen-bond acceptors (Lipinski definition) is 4. The van der Waals surface area contributed by atoms with E-state index in [4.69, 9.17) is 4.74 Å². The molecule has 1 heterocycles. The lowest BCUT2D eigenvalue weighted by Crippen LogP contribution is -2.48. The van der Waals surface area contributed by atoms with Crippen LogP contribution >= 0.6 is 0 Å². The first-order valence-electron chi connectivity index (χ1n) is 8.01. The topological polar surface area (TPSA) is 70.7 Å². The van der Waals surface area contributed by atoms with Gasteiger partial charge in [-0.2, -0.15) is 17.4 Å². The van der Waals surface area contributed by atoms with Gasteiger partial charge in [0.1, 0.15) is 0 Å². The molecule has 1 atom stereocenters. The molecule has 2 rings (SSSR count). The minimum Gasteiger partial charge on any atom is -0.385 e. The molecule has 2 N–H and O–H groups in total. The van der Waals surface area contributed by atoms with Gasteiger partial charge in [0.15, 0.2) is 0 Å². The second kappa shape index (κ2) is 7.87. The number of piperidine rings is 1. The molecule has 1 saturated heterocycles. The van der Waals surface area contributed by atoms with Gasteiger partial charge in [-0.1, -0.05) is 0 Å². The van der Waals surface area contributed by atoms with E-state index in [9.17, 15) is 8.42 Å². The van der Waals surface area contributed by atoms with Crippen LogP contribution < -0.4 is 10.0 Å². The zero-order valence-corrected chi connectivity index (χ0v) is 14.0. The van der Waals surface area contributed by atoms with E-state index in [-0.39, 0.29) is 6.04 Å². The minimum atomic E-state index is -3.35. The standard InChI is InChI=1S/C14H29N3O3S/c1-12(7-10-20-2)16-21(18,19)17-8-5-13(6-9-17)11-15-14-3-4-14/h12-16H,3-11H2,1-2H3. The average molecular weight is 319 g/mol. The highest BCUT2D eigenvalue weighted by Gasteiger charge is 2.29. The summed E-state index contributed by atoms with van der Waals surface area (Å²) < 4.78 is 33.9. The summed E-state index contributed by atoms with van der Waals surface area (Å²) >= 11 is 0. The van der Waals surface area contributed by atoms with Crippen molar-refractivity contribution in [3.05, 3.63) is 0 Å². The molecule has 0 aromatic heterocycles. The second-order valence-corrected chi connectivity index (χ2v) is 8.03. The van der Waals surface area contributed by atoms with E-state index in [1.807, 2.05) is 6.92 Å². The molecule has 2 aliphatic rings. The summed E-state index contributed by atoms with van der Waals surface area (Å²) in [5.41, 5.74) is 0. The molecule has 1 aliphatic heterocycles. The molecule has 0 amide bonds. The Morgan fingerprint density at radius 1 is 1.24 bits per heavy atom. The number of methoxy groups -OCH3 is 1. The van der Waals surface area contributed by atoms with Crippen LogP contribution in [0.2, 0.25) is 0 Å². The molecule has 0 spiro atoms. The fourth-order valence-electron chi connectivity index (χ4n) is 2.66. The summed E-state index contributed by atoms with van der Waals surface area (Å²) in [5.74, 6) is 0.614. The Bertz CT molecular complexity index is 404. The maximum atomic E-state index is 12.3. The lowest BCUT2D eigenvalue weighted by atomic mass is 9.98. The molecule has 1 unspecified atom stereocenters. The first kappa shape index (κ1) is 17.1. The van der Waals surface area contributed by atoms with Crippen LogP contribution in [-0.4, -0.2) is 58.2 Å². The van der Waals surface area contributed by atoms with E-state index in [0.717, 1.165) is 25.4 Å². The minimum absolute atomic E-state index is 0.0933. The molecule has 0 bridgehead atoms. The molecular formula is C14H29N3O3S. The van der Waals surface area contributed by atoms with E-state index < -0.39 is 10.2 Å². The molecule has 6 nitrogen and oxygen atoms in total. The highest BCUT2D eigenvalue weighted by molar-refractivity contribution is 7.87. The summed E-state index contributed by atoms with van der Waals surface area (Å²) in [4.78, 5) is 0. The van der Waals surface area contributed by atoms with Gasteiger partial charge in [-0.3, -0.25) is 0 Å². The molecule has 7 heteroatoms. The van der Waals surface area contributed by atoms with Gasteiger partial charge in [0.05, 0.1) is 0 Å². The van der Waals surface area contributed by atoms with Gasteiger partial charge in [-0.05, 0) is 51.5 Å². The Morgan fingerprint density at radius 2 is 1.90 bits per heavy atom. The maximum Gasteiger partial charge on any atom is 0.279 e. The third-order valence-electron chi connectivity index (χ3n) is 4.29. The van der Waals surface area contributed by atoms with Crippen LogP contribution in [0.15, 0.2) is 0 Å². The number of nitrogens with one attached hydrogen (secondary N) is 2. The van der Waals surface area contributed by atoms with Crippen molar-refractivity contribution in [2.75, 3.05) is 33.4 Å². The van der Waals surface area contributed by atoms with E-state index >= 15 is 0 Å². The van der Waals surface area contributed by atoms with Crippen LogP contribution in [-0.2, 0) is 14.9 Å². The predicted molar refractivity (Wildman–Crippen MR) is 83.3 cm³/mol. The van der Waals surface area contributed by atoms with Crippen LogP contribution in [0.5, 0.6) is 0 Å². The summed E-state index contributed by atoms with van der Waals surface area (Å²) in [6.45, 7) is 4.74. The first-order chi connectivity index (χ1) is 10.0. The normalized spacial score (nSPS) is 23.3. The first-order valence-corrected chi connectivity index (χ1v) is 9.45. The van der Waals surface area contributed by atoms with Crippen LogP contribution in [0.4, 0.5) is 0 Å². The predicted octanol–water partition coefficient (Wildman–Crippen LogP) is 0.710. The largest absolute Gasteiger partial charge is 0.385 e. The number of hydrogen-bond donors (Lipinski definition) is 2. The lowest BCUT2D eigenvalue weighted by molar-refractivity contribution is 0.187. The third kappa shape index (κ3) is 5.83. The van der Waals surface area contributed by atoms with Gasteiger partial charge < -0.3 is 10.1 Å². The summed E-state index contributed by atoms with van der Waals surface area (Å²) in [5, 5.41) is 3.54. The Balaban J connectivity index is 1.71. The fraction of sp³-hybridized carbons (Fsp3) is 1.00. The zero-order chi connectivity index (χ0) is 15.3. The van der Waals surface area contributed by atoms with Crippen LogP contribution in [0.25, 0.3) is 0 Å². The molecular weight excluding hydrogens is 290 g/mol. The van der Waals surface area contributed by atoms with E-state index in [1.54, 1.807) is 11.4 Å². The van der Waals surface area contributed by atoms with Crippen molar-refractivity contribution in [3.8, 4) is 0 Å². The fourth-order valence-corrected chi connectivity index (χ4v) is 4.12. The van der Waals surface area contributed by atoms with Gasteiger partial charge in [-0.25, -0.2) is 0 Å². The van der Waals surface area contributed by atoms with Crippen molar-refractivity contribution < 1.29 is 13.2 Å². The molecule has 0 radical (unpaired) electrons. The van der Waals surface area contributed by atoms with E-state index in [0.29, 0.717) is 32.0 Å². The number of ether oxygens (including phenoxy) is 1. The van der Waals surface area contributed by atoms with Crippen molar-refractivity contribution in [1.29, 1.82) is 0 Å². The van der Waals surface area contributed by atoms with Crippen molar-refractivity contribution >= 4 is 10.2 Å². The van der Waals surface area contributed by atoms with Crippen LogP contribution in [0, 0.1) is 5.92 Å². The molecule has 1 saturated carbocycles. The summed E-state index contributed by atoms with van der Waals surface area (Å²) in [6.07, 6.45) is 5.20. The Morgan fingerprint density at radius 3 is 2.48 bits per heavy atom. The lowest BCUT2D eigenvalue weighted by Gasteiger charge is -2.32. The smallest absolute Gasteiger partial charge is 0.279 e. The van der Waals surface area contributed by atoms with Crippen molar-refractivity contribution in [2.24, 2.45) is 5.92 Å². The molecule has 124 valence electrons. The van der Waals surface area contributed by atoms with Crippen LogP contribution in [0.3, 0.4) is 0 Å². The van der Waals surface area contributed by atoms with Gasteiger partial charge in [0.25, 0.3) is 10.2 Å². The van der Waals surface area contributed by atoms with Crippen molar-refractivity contribution in [3.63, 3.8) is 0 Å². The van der Waals surface area contributed by atoms with Crippen molar-refractivity contribution in [2.45, 2.75) is 51.1 Å². The Kier molecular flexibility index (Phi) is 6.43. The van der Waals surface area contributed by atoms with E-state index in [2.05, 4.69) is 10.0 Å². The van der Waals surface area contributed by atoms with Gasteiger partial charge in [0.2, 0.25) is 0 Å². The molecule has 0 aromatic carbocycles. The van der Waals surface area contributed by atoms with Gasteiger partial charge >= 0.3 is 0 Å². The quantitative estimate of drug-likeness (QED) is 0.657. The average Bonchev–Trinajstić information content (AvgIpc) is 3.27. The highest BCUT2D eigenvalue weighted by Crippen LogP contribution is 2.22. The molecule has 21 heavy (non-hydrogen) atoms. The SMILES string of the molecule is COCCC(C)NS(=O)(=O)N1CCC(CNC2CC2)CC1. The molecule has 2 fully saturated rings. The maximum absolute atomic E-state index is 12.3. The second-order valence-electron chi connectivity index (χ2n) is 6.33. The van der Waals surface area contributed by atoms with Crippen molar-refractivity contribution in [1.82, 2.24) is 14.3 Å². The van der Waals surface area contributed by atoms with Gasteiger partial charge in [0, 0.05) is 38.9 Å². The third-order valence-corrected chi connectivity index (χ3v) is 6.04. The Hall–Kier alpha value is -0.210. The highest BCUT2D eigenvalue weighted by atomic mass is 32.2. The number of rotatable bonds is 9. The summed E-state index contributed by atoms with van der Waals surface area (Å²) in [7, 11) is -1.72. The Labute approximate surface area is 128 Å². The zero-order valence-electron chi connectivity index (χ0n) is 13.2. The number of nitrogens with zero attached hydrogens (tertiary/aromatic N) is 1. The summed E-state index contributed by atoms with van der Waals surface area (Å²) in [6, 6.07) is 0.638. The van der Waals surface area contributed by atoms with E-state index in [1.165, 1.54) is 12.8 Å². The molecule has 0 aromatic rings.